The normalized spacial score (nSPS) is 20.3. The second kappa shape index (κ2) is 17.9. The molecular weight excluding hydrogens is 660 g/mol. The molecule has 1 aromatic rings. The van der Waals surface area contributed by atoms with E-state index in [0.717, 1.165) is 4.90 Å². The van der Waals surface area contributed by atoms with Gasteiger partial charge in [0.25, 0.3) is 0 Å². The molecular formula is C31H44N8O11. The van der Waals surface area contributed by atoms with Gasteiger partial charge < -0.3 is 57.9 Å². The number of carbonyl (C=O) groups is 8. The topological polar surface area (TPSA) is 304 Å². The highest BCUT2D eigenvalue weighted by Gasteiger charge is 2.45. The molecule has 50 heavy (non-hydrogen) atoms. The lowest BCUT2D eigenvalue weighted by Crippen LogP contribution is -2.58. The number of nitrogens with zero attached hydrogens (tertiary/aromatic N) is 2. The number of carboxylic acid groups (broad SMARTS) is 1. The van der Waals surface area contributed by atoms with E-state index in [-0.39, 0.29) is 57.5 Å². The highest BCUT2D eigenvalue weighted by atomic mass is 16.4. The maximum atomic E-state index is 13.8. The lowest BCUT2D eigenvalue weighted by molar-refractivity contribution is -0.147. The van der Waals surface area contributed by atoms with Crippen LogP contribution in [0.25, 0.3) is 0 Å². The van der Waals surface area contributed by atoms with Gasteiger partial charge in [0.15, 0.2) is 0 Å². The number of β-amino-alcohol motifs (C(OH)–C–C–N with tert-alkyl or cyclic N) is 1. The number of primary amides is 1. The molecule has 19 heteroatoms. The van der Waals surface area contributed by atoms with Gasteiger partial charge in [0, 0.05) is 32.4 Å². The molecule has 274 valence electrons. The number of nitrogens with one attached hydrogen (secondary N) is 4. The van der Waals surface area contributed by atoms with Gasteiger partial charge in [-0.2, -0.15) is 0 Å². The summed E-state index contributed by atoms with van der Waals surface area (Å²) in [5, 5.41) is 39.3. The van der Waals surface area contributed by atoms with Crippen molar-refractivity contribution >= 4 is 47.3 Å². The lowest BCUT2D eigenvalue weighted by Gasteiger charge is -2.31. The third-order valence-electron chi connectivity index (χ3n) is 8.40. The van der Waals surface area contributed by atoms with Crippen molar-refractivity contribution in [1.29, 1.82) is 0 Å². The minimum atomic E-state index is -1.49. The summed E-state index contributed by atoms with van der Waals surface area (Å²) in [5.74, 6) is -6.40. The molecule has 0 spiro atoms. The molecule has 6 atom stereocenters. The summed E-state index contributed by atoms with van der Waals surface area (Å²) < 4.78 is 0. The van der Waals surface area contributed by atoms with Crippen molar-refractivity contribution in [2.24, 2.45) is 11.5 Å². The summed E-state index contributed by atoms with van der Waals surface area (Å²) in [7, 11) is 0. The second-order valence-electron chi connectivity index (χ2n) is 12.2. The first kappa shape index (κ1) is 39.1. The fourth-order valence-corrected chi connectivity index (χ4v) is 5.76. The maximum Gasteiger partial charge on any atom is 0.326 e. The van der Waals surface area contributed by atoms with Gasteiger partial charge in [-0.25, -0.2) is 4.79 Å². The second-order valence-corrected chi connectivity index (χ2v) is 12.2. The Bertz CT molecular complexity index is 1460. The SMILES string of the molecule is C[C@H](NC(=O)CN)C(=O)NCC(=O)N1C[C@H](O)C[C@H]1C(=O)N1CCC[C@H]1C(=O)N[C@@H](Cc1ccc(O)cc1)C(=O)N[C@@H](CCC(N)=O)C(=O)O. The fraction of sp³-hybridized carbons (Fsp3) is 0.548. The summed E-state index contributed by atoms with van der Waals surface area (Å²) >= 11 is 0. The van der Waals surface area contributed by atoms with Gasteiger partial charge >= 0.3 is 5.97 Å². The van der Waals surface area contributed by atoms with Crippen LogP contribution in [0.15, 0.2) is 24.3 Å². The number of amides is 7. The van der Waals surface area contributed by atoms with Gasteiger partial charge in [0.1, 0.15) is 36.0 Å². The fourth-order valence-electron chi connectivity index (χ4n) is 5.76. The van der Waals surface area contributed by atoms with E-state index in [4.69, 9.17) is 11.5 Å². The van der Waals surface area contributed by atoms with Crippen LogP contribution in [-0.4, -0.2) is 135 Å². The van der Waals surface area contributed by atoms with Gasteiger partial charge in [0.2, 0.25) is 41.4 Å². The molecule has 0 unspecified atom stereocenters. The van der Waals surface area contributed by atoms with Crippen molar-refractivity contribution in [3.63, 3.8) is 0 Å². The monoisotopic (exact) mass is 704 g/mol. The molecule has 2 fully saturated rings. The molecule has 0 radical (unpaired) electrons. The Balaban J connectivity index is 1.73. The van der Waals surface area contributed by atoms with E-state index in [0.29, 0.717) is 12.0 Å². The van der Waals surface area contributed by atoms with Crippen LogP contribution >= 0.6 is 0 Å². The number of carboxylic acids is 1. The number of carbonyl (C=O) groups excluding carboxylic acids is 7. The molecule has 1 aromatic carbocycles. The standard InChI is InChI=1S/C31H44N8O11/c1-16(35-25(43)13-32)27(45)34-14-26(44)39-15-19(41)12-23(39)30(48)38-10-2-3-22(38)29(47)37-21(11-17-4-6-18(40)7-5-17)28(46)36-20(31(49)50)8-9-24(33)42/h4-7,16,19-23,40-41H,2-3,8-15,32H2,1H3,(H2,33,42)(H,34,45)(H,35,43)(H,36,46)(H,37,47)(H,49,50)/t16-,19+,20-,21-,22-,23-/m0/s1. The van der Waals surface area contributed by atoms with Gasteiger partial charge in [-0.15, -0.1) is 0 Å². The highest BCUT2D eigenvalue weighted by Crippen LogP contribution is 2.26. The van der Waals surface area contributed by atoms with E-state index in [1.54, 1.807) is 0 Å². The smallest absolute Gasteiger partial charge is 0.326 e. The summed E-state index contributed by atoms with van der Waals surface area (Å²) in [5.41, 5.74) is 10.9. The van der Waals surface area contributed by atoms with E-state index in [1.165, 1.54) is 36.1 Å². The van der Waals surface area contributed by atoms with Crippen molar-refractivity contribution in [3.05, 3.63) is 29.8 Å². The average Bonchev–Trinajstić information content (AvgIpc) is 3.72. The van der Waals surface area contributed by atoms with E-state index >= 15 is 0 Å². The number of nitrogens with two attached hydrogens (primary N) is 2. The lowest BCUT2D eigenvalue weighted by atomic mass is 10.0. The average molecular weight is 705 g/mol. The number of hydrogen-bond acceptors (Lipinski definition) is 11. The van der Waals surface area contributed by atoms with Gasteiger partial charge in [0.05, 0.1) is 19.2 Å². The quantitative estimate of drug-likeness (QED) is 0.0791. The predicted molar refractivity (Wildman–Crippen MR) is 172 cm³/mol. The van der Waals surface area contributed by atoms with Crippen LogP contribution in [0.2, 0.25) is 0 Å². The van der Waals surface area contributed by atoms with Crippen molar-refractivity contribution < 1.29 is 53.7 Å². The molecule has 0 aliphatic carbocycles. The molecule has 11 N–H and O–H groups in total. The highest BCUT2D eigenvalue weighted by molar-refractivity contribution is 5.96. The Kier molecular flexibility index (Phi) is 14.0. The van der Waals surface area contributed by atoms with Crippen molar-refractivity contribution in [2.45, 2.75) is 81.8 Å². The third-order valence-corrected chi connectivity index (χ3v) is 8.40. The number of phenolic OH excluding ortho intramolecular Hbond substituents is 1. The minimum Gasteiger partial charge on any atom is -0.508 e. The van der Waals surface area contributed by atoms with E-state index in [9.17, 15) is 53.7 Å². The first-order chi connectivity index (χ1) is 23.6. The number of likely N-dealkylation sites (tertiary alicyclic amines) is 2. The predicted octanol–water partition coefficient (Wildman–Crippen LogP) is -4.21. The molecule has 2 aliphatic rings. The number of rotatable bonds is 16. The van der Waals surface area contributed by atoms with Crippen LogP contribution in [-0.2, 0) is 44.8 Å². The van der Waals surface area contributed by atoms with Crippen molar-refractivity contribution in [1.82, 2.24) is 31.1 Å². The summed E-state index contributed by atoms with van der Waals surface area (Å²) in [4.78, 5) is 103. The van der Waals surface area contributed by atoms with Gasteiger partial charge in [-0.05, 0) is 43.9 Å². The van der Waals surface area contributed by atoms with E-state index < -0.39 is 90.2 Å². The molecule has 2 saturated heterocycles. The van der Waals surface area contributed by atoms with Gasteiger partial charge in [-0.3, -0.25) is 33.6 Å². The number of aliphatic hydroxyl groups excluding tert-OH is 1. The molecule has 0 saturated carbocycles. The first-order valence-corrected chi connectivity index (χ1v) is 16.1. The largest absolute Gasteiger partial charge is 0.508 e. The minimum absolute atomic E-state index is 0.0474. The molecule has 19 nitrogen and oxygen atoms in total. The van der Waals surface area contributed by atoms with Gasteiger partial charge in [-0.1, -0.05) is 12.1 Å². The zero-order chi connectivity index (χ0) is 37.1. The zero-order valence-electron chi connectivity index (χ0n) is 27.5. The number of aromatic hydroxyl groups is 1. The van der Waals surface area contributed by atoms with Crippen LogP contribution in [0, 0.1) is 0 Å². The molecule has 3 rings (SSSR count). The van der Waals surface area contributed by atoms with Crippen LogP contribution < -0.4 is 32.7 Å². The van der Waals surface area contributed by atoms with Crippen molar-refractivity contribution in [2.75, 3.05) is 26.2 Å². The van der Waals surface area contributed by atoms with E-state index in [1.807, 2.05) is 0 Å². The number of phenols is 1. The Morgan fingerprint density at radius 3 is 2.24 bits per heavy atom. The first-order valence-electron chi connectivity index (χ1n) is 16.1. The summed E-state index contributed by atoms with van der Waals surface area (Å²) in [6.45, 7) is 0.448. The van der Waals surface area contributed by atoms with Crippen molar-refractivity contribution in [3.8, 4) is 5.75 Å². The summed E-state index contributed by atoms with van der Waals surface area (Å²) in [6, 6.07) is -0.318. The van der Waals surface area contributed by atoms with Crippen LogP contribution in [0.4, 0.5) is 0 Å². The molecule has 0 aromatic heterocycles. The Labute approximate surface area is 287 Å². The van der Waals surface area contributed by atoms with Crippen LogP contribution in [0.5, 0.6) is 5.75 Å². The Morgan fingerprint density at radius 2 is 1.62 bits per heavy atom. The third kappa shape index (κ3) is 10.9. The number of hydrogen-bond donors (Lipinski definition) is 9. The molecule has 2 heterocycles. The molecule has 2 aliphatic heterocycles. The number of benzene rings is 1. The number of aliphatic hydroxyl groups is 1. The number of aliphatic carboxylic acids is 1. The Hall–Kier alpha value is -5.30. The Morgan fingerprint density at radius 1 is 0.940 bits per heavy atom. The maximum absolute atomic E-state index is 13.8. The molecule has 7 amide bonds. The molecule has 0 bridgehead atoms. The summed E-state index contributed by atoms with van der Waals surface area (Å²) in [6.07, 6.45) is -1.32. The van der Waals surface area contributed by atoms with E-state index in [2.05, 4.69) is 21.3 Å². The van der Waals surface area contributed by atoms with Crippen LogP contribution in [0.3, 0.4) is 0 Å². The zero-order valence-corrected chi connectivity index (χ0v) is 27.5. The van der Waals surface area contributed by atoms with Crippen LogP contribution in [0.1, 0.15) is 44.6 Å².